The highest BCUT2D eigenvalue weighted by Crippen LogP contribution is 2.42. The van der Waals surface area contributed by atoms with Crippen LogP contribution in [-0.4, -0.2) is 69.6 Å². The van der Waals surface area contributed by atoms with Gasteiger partial charge < -0.3 is 19.3 Å². The van der Waals surface area contributed by atoms with Gasteiger partial charge >= 0.3 is 12.3 Å². The van der Waals surface area contributed by atoms with E-state index < -0.39 is 48.1 Å². The molecule has 2 aromatic carbocycles. The molecule has 4 rings (SSSR count). The van der Waals surface area contributed by atoms with Crippen LogP contribution in [0.25, 0.3) is 6.08 Å². The second-order valence-electron chi connectivity index (χ2n) is 9.93. The quantitative estimate of drug-likeness (QED) is 0.146. The predicted molar refractivity (Wildman–Crippen MR) is 149 cm³/mol. The number of halogens is 6. The normalized spacial score (nSPS) is 20.4. The van der Waals surface area contributed by atoms with Gasteiger partial charge in [-0.1, -0.05) is 43.4 Å². The third kappa shape index (κ3) is 8.88. The van der Waals surface area contributed by atoms with Gasteiger partial charge in [0.05, 0.1) is 19.8 Å². The first-order valence-corrected chi connectivity index (χ1v) is 14.3. The maximum atomic E-state index is 14.8. The molecule has 0 amide bonds. The Hall–Kier alpha value is -3.25. The van der Waals surface area contributed by atoms with E-state index in [0.717, 1.165) is 12.1 Å². The smallest absolute Gasteiger partial charge is 0.340 e. The Kier molecular flexibility index (Phi) is 11.0. The molecular formula is C29H30F6N3O4P. The number of aliphatic hydroxyl groups is 1. The van der Waals surface area contributed by atoms with Crippen molar-refractivity contribution in [3.05, 3.63) is 96.1 Å². The average molecular weight is 630 g/mol. The molecule has 0 saturated carbocycles. The van der Waals surface area contributed by atoms with E-state index in [1.54, 1.807) is 43.4 Å². The Bertz CT molecular complexity index is 1370. The molecule has 3 aromatic rings. The first-order valence-electron chi connectivity index (χ1n) is 13.2. The van der Waals surface area contributed by atoms with Crippen LogP contribution in [0, 0.1) is 11.6 Å². The van der Waals surface area contributed by atoms with E-state index in [4.69, 9.17) is 14.2 Å². The molecule has 1 unspecified atom stereocenters. The van der Waals surface area contributed by atoms with Gasteiger partial charge in [-0.2, -0.15) is 13.9 Å². The molecule has 0 aliphatic carbocycles. The fraction of sp³-hybridized carbons (Fsp3) is 0.379. The Labute approximate surface area is 246 Å². The second-order valence-corrected chi connectivity index (χ2v) is 11.9. The zero-order chi connectivity index (χ0) is 31.0. The summed E-state index contributed by atoms with van der Waals surface area (Å²) in [6.45, 7) is 0.950. The van der Waals surface area contributed by atoms with Crippen molar-refractivity contribution in [3.8, 4) is 5.75 Å². The number of hydrogen-bond acceptors (Lipinski definition) is 6. The molecule has 0 spiro atoms. The van der Waals surface area contributed by atoms with Crippen molar-refractivity contribution >= 4 is 14.7 Å². The fourth-order valence-corrected chi connectivity index (χ4v) is 5.93. The number of allylic oxidation sites excluding steroid dienone is 2. The monoisotopic (exact) mass is 629 g/mol. The van der Waals surface area contributed by atoms with Crippen molar-refractivity contribution in [2.75, 3.05) is 19.8 Å². The van der Waals surface area contributed by atoms with Crippen LogP contribution in [0.2, 0.25) is 0 Å². The molecule has 1 saturated heterocycles. The van der Waals surface area contributed by atoms with Gasteiger partial charge in [-0.15, -0.1) is 8.58 Å². The van der Waals surface area contributed by atoms with Crippen molar-refractivity contribution in [2.45, 2.75) is 49.0 Å². The van der Waals surface area contributed by atoms with Crippen molar-refractivity contribution < 1.29 is 45.7 Å². The Morgan fingerprint density at radius 3 is 2.47 bits per heavy atom. The summed E-state index contributed by atoms with van der Waals surface area (Å²) in [6, 6.07) is 9.06. The van der Waals surface area contributed by atoms with Crippen LogP contribution in [0.3, 0.4) is 0 Å². The zero-order valence-corrected chi connectivity index (χ0v) is 23.9. The zero-order valence-electron chi connectivity index (χ0n) is 22.9. The number of alkyl halides is 4. The van der Waals surface area contributed by atoms with Crippen LogP contribution in [0.1, 0.15) is 18.1 Å². The minimum atomic E-state index is -4.23. The molecular weight excluding hydrogens is 599 g/mol. The molecule has 232 valence electrons. The van der Waals surface area contributed by atoms with Gasteiger partial charge in [0.25, 0.3) is 0 Å². The largest absolute Gasteiger partial charge is 0.487 e. The predicted octanol–water partition coefficient (Wildman–Crippen LogP) is 5.80. The van der Waals surface area contributed by atoms with Crippen LogP contribution in [0.4, 0.5) is 26.3 Å². The summed E-state index contributed by atoms with van der Waals surface area (Å²) in [4.78, 5) is 3.88. The molecule has 1 fully saturated rings. The topological polar surface area (TPSA) is 78.6 Å². The van der Waals surface area contributed by atoms with E-state index in [9.17, 15) is 31.4 Å². The minimum Gasteiger partial charge on any atom is -0.487 e. The van der Waals surface area contributed by atoms with Gasteiger partial charge in [-0.3, -0.25) is 0 Å². The molecule has 43 heavy (non-hydrogen) atoms. The molecule has 0 bridgehead atoms. The molecule has 0 radical (unpaired) electrons. The number of benzene rings is 2. The summed E-state index contributed by atoms with van der Waals surface area (Å²) < 4.78 is 96.6. The summed E-state index contributed by atoms with van der Waals surface area (Å²) in [5, 5.41) is 15.7. The molecule has 1 aliphatic heterocycles. The molecule has 14 heteroatoms. The van der Waals surface area contributed by atoms with Gasteiger partial charge in [0.2, 0.25) is 0 Å². The Balaban J connectivity index is 1.28. The lowest BCUT2D eigenvalue weighted by molar-refractivity contribution is -0.148. The number of ether oxygens (including phenoxy) is 3. The van der Waals surface area contributed by atoms with E-state index in [1.807, 2.05) is 0 Å². The van der Waals surface area contributed by atoms with Gasteiger partial charge in [-0.05, 0) is 29.8 Å². The van der Waals surface area contributed by atoms with Crippen LogP contribution in [0.15, 0.2) is 73.3 Å². The number of aromatic nitrogens is 3. The maximum absolute atomic E-state index is 14.8. The average Bonchev–Trinajstić information content (AvgIpc) is 3.48. The van der Waals surface area contributed by atoms with Crippen LogP contribution in [0.5, 0.6) is 5.75 Å². The standard InChI is InChI=1S/C29H30F6N3O4P/c1-19(28(39,15-38-18-36-17-37-38)24-11-8-21(30)12-25(24)31)43-23-13-40-26(41-14-23)5-3-2-4-20-6-9-22(10-7-20)42-16-29(34,35)27(32)33/h2-12,17-19,23,26-27,39,43H,13-16H2,1H3/b4-2+,5-3+/t19-,23?,26?,28-/m1/s1. The highest BCUT2D eigenvalue weighted by molar-refractivity contribution is 7.40. The summed E-state index contributed by atoms with van der Waals surface area (Å²) in [5.74, 6) is -5.78. The molecule has 1 N–H and O–H groups in total. The first-order chi connectivity index (χ1) is 20.5. The Morgan fingerprint density at radius 2 is 1.84 bits per heavy atom. The lowest BCUT2D eigenvalue weighted by Crippen LogP contribution is -2.43. The lowest BCUT2D eigenvalue weighted by atomic mass is 9.90. The van der Waals surface area contributed by atoms with Crippen molar-refractivity contribution in [3.63, 3.8) is 0 Å². The fourth-order valence-electron chi connectivity index (χ4n) is 4.31. The summed E-state index contributed by atoms with van der Waals surface area (Å²) in [5.41, 5.74) is -1.57. The summed E-state index contributed by atoms with van der Waals surface area (Å²) in [7, 11) is 0.105. The third-order valence-electron chi connectivity index (χ3n) is 6.69. The van der Waals surface area contributed by atoms with E-state index in [-0.39, 0.29) is 32.1 Å². The lowest BCUT2D eigenvalue weighted by Gasteiger charge is -2.38. The number of rotatable bonds is 13. The van der Waals surface area contributed by atoms with Crippen LogP contribution >= 0.6 is 8.58 Å². The van der Waals surface area contributed by atoms with Gasteiger partial charge in [-0.25, -0.2) is 27.2 Å². The van der Waals surface area contributed by atoms with E-state index in [1.165, 1.54) is 35.5 Å². The summed E-state index contributed by atoms with van der Waals surface area (Å²) in [6.07, 6.45) is 5.14. The van der Waals surface area contributed by atoms with Crippen molar-refractivity contribution in [2.24, 2.45) is 0 Å². The molecule has 1 aliphatic rings. The van der Waals surface area contributed by atoms with Gasteiger partial charge in [0.15, 0.2) is 12.9 Å². The van der Waals surface area contributed by atoms with Crippen LogP contribution < -0.4 is 4.74 Å². The molecule has 3 atom stereocenters. The van der Waals surface area contributed by atoms with Gasteiger partial charge in [0.1, 0.15) is 35.6 Å². The van der Waals surface area contributed by atoms with E-state index in [2.05, 4.69) is 10.1 Å². The minimum absolute atomic E-state index is 0.0369. The SMILES string of the molecule is C[C@@H](PC1COC(/C=C/C=C/c2ccc(OCC(F)(F)C(F)F)cc2)OC1)[C@](O)(Cn1cncn1)c1ccc(F)cc1F. The third-order valence-corrected chi connectivity index (χ3v) is 8.47. The molecule has 7 nitrogen and oxygen atoms in total. The highest BCUT2D eigenvalue weighted by atomic mass is 31.1. The maximum Gasteiger partial charge on any atom is 0.340 e. The van der Waals surface area contributed by atoms with Gasteiger partial charge in [0, 0.05) is 22.9 Å². The molecule has 2 heterocycles. The highest BCUT2D eigenvalue weighted by Gasteiger charge is 2.42. The first kappa shape index (κ1) is 32.7. The second kappa shape index (κ2) is 14.5. The van der Waals surface area contributed by atoms with Crippen molar-refractivity contribution in [1.82, 2.24) is 14.8 Å². The van der Waals surface area contributed by atoms with Crippen LogP contribution in [-0.2, 0) is 21.6 Å². The molecule has 1 aromatic heterocycles. The van der Waals surface area contributed by atoms with E-state index in [0.29, 0.717) is 18.8 Å². The Morgan fingerprint density at radius 1 is 1.12 bits per heavy atom. The summed E-state index contributed by atoms with van der Waals surface area (Å²) >= 11 is 0. The van der Waals surface area contributed by atoms with Crippen molar-refractivity contribution in [1.29, 1.82) is 0 Å². The number of hydrogen-bond donors (Lipinski definition) is 1. The van der Waals surface area contributed by atoms with E-state index >= 15 is 0 Å². The number of nitrogens with zero attached hydrogens (tertiary/aromatic N) is 3.